The smallest absolute Gasteiger partial charge is 0.236 e. The molecule has 0 unspecified atom stereocenters. The average molecular weight is 228 g/mol. The first-order valence-electron chi connectivity index (χ1n) is 4.57. The monoisotopic (exact) mass is 228 g/mol. The largest absolute Gasteiger partial charge is 0.301 e. The number of aromatic nitrogens is 1. The van der Waals surface area contributed by atoms with Gasteiger partial charge in [0.1, 0.15) is 0 Å². The number of hydrogen-bond acceptors (Lipinski definition) is 4. The van der Waals surface area contributed by atoms with Crippen LogP contribution in [0, 0.1) is 0 Å². The molecule has 1 aromatic rings. The second-order valence-corrected chi connectivity index (χ2v) is 5.17. The molecule has 5 heteroatoms. The minimum absolute atomic E-state index is 0.0462. The second-order valence-electron chi connectivity index (χ2n) is 3.22. The maximum absolute atomic E-state index is 11.3. The molecule has 0 aliphatic heterocycles. The van der Waals surface area contributed by atoms with Gasteiger partial charge in [0.05, 0.1) is 11.4 Å². The predicted octanol–water partition coefficient (Wildman–Crippen LogP) is 1.93. The van der Waals surface area contributed by atoms with E-state index < -0.39 is 0 Å². The summed E-state index contributed by atoms with van der Waals surface area (Å²) in [7, 11) is 0. The molecule has 0 atom stereocenters. The molecule has 14 heavy (non-hydrogen) atoms. The number of nitrogens with one attached hydrogen (secondary N) is 1. The van der Waals surface area contributed by atoms with E-state index in [1.54, 1.807) is 11.3 Å². The first-order chi connectivity index (χ1) is 6.79. The first kappa shape index (κ1) is 9.98. The van der Waals surface area contributed by atoms with Crippen LogP contribution in [0.5, 0.6) is 0 Å². The number of thioether (sulfide) groups is 1. The Kier molecular flexibility index (Phi) is 3.08. The Balaban J connectivity index is 2.00. The fourth-order valence-corrected chi connectivity index (χ4v) is 2.93. The van der Waals surface area contributed by atoms with Crippen LogP contribution in [0.25, 0.3) is 0 Å². The fourth-order valence-electron chi connectivity index (χ4n) is 1.53. The SMILES string of the molecule is CSCC(=O)Nc1nc2c(s1)CCC2. The van der Waals surface area contributed by atoms with Crippen molar-refractivity contribution in [2.24, 2.45) is 0 Å². The van der Waals surface area contributed by atoms with Crippen LogP contribution in [0.4, 0.5) is 5.13 Å². The van der Waals surface area contributed by atoms with E-state index in [-0.39, 0.29) is 5.91 Å². The van der Waals surface area contributed by atoms with Crippen molar-refractivity contribution in [2.45, 2.75) is 19.3 Å². The van der Waals surface area contributed by atoms with E-state index in [9.17, 15) is 4.79 Å². The summed E-state index contributed by atoms with van der Waals surface area (Å²) < 4.78 is 0. The van der Waals surface area contributed by atoms with Crippen LogP contribution in [-0.4, -0.2) is 22.9 Å². The summed E-state index contributed by atoms with van der Waals surface area (Å²) in [5.74, 6) is 0.550. The molecule has 0 bridgehead atoms. The molecule has 0 aromatic carbocycles. The molecule has 76 valence electrons. The van der Waals surface area contributed by atoms with Crippen LogP contribution < -0.4 is 5.32 Å². The maximum Gasteiger partial charge on any atom is 0.236 e. The summed E-state index contributed by atoms with van der Waals surface area (Å²) >= 11 is 3.15. The maximum atomic E-state index is 11.3. The number of aryl methyl sites for hydroxylation is 2. The van der Waals surface area contributed by atoms with Crippen molar-refractivity contribution >= 4 is 34.1 Å². The van der Waals surface area contributed by atoms with E-state index in [0.29, 0.717) is 5.75 Å². The van der Waals surface area contributed by atoms with E-state index in [2.05, 4.69) is 10.3 Å². The molecule has 0 spiro atoms. The van der Waals surface area contributed by atoms with E-state index in [1.807, 2.05) is 6.26 Å². The van der Waals surface area contributed by atoms with Crippen LogP contribution >= 0.6 is 23.1 Å². The molecular weight excluding hydrogens is 216 g/mol. The summed E-state index contributed by atoms with van der Waals surface area (Å²) in [5.41, 5.74) is 1.19. The molecule has 1 aliphatic carbocycles. The van der Waals surface area contributed by atoms with Gasteiger partial charge in [-0.15, -0.1) is 11.3 Å². The van der Waals surface area contributed by atoms with Gasteiger partial charge in [0.25, 0.3) is 0 Å². The van der Waals surface area contributed by atoms with Gasteiger partial charge < -0.3 is 5.32 Å². The van der Waals surface area contributed by atoms with Crippen molar-refractivity contribution in [3.63, 3.8) is 0 Å². The molecule has 1 N–H and O–H groups in total. The second kappa shape index (κ2) is 4.31. The normalized spacial score (nSPS) is 14.1. The van der Waals surface area contributed by atoms with Crippen molar-refractivity contribution in [3.05, 3.63) is 10.6 Å². The van der Waals surface area contributed by atoms with Crippen LogP contribution in [0.15, 0.2) is 0 Å². The third kappa shape index (κ3) is 2.09. The van der Waals surface area contributed by atoms with Crippen molar-refractivity contribution in [1.82, 2.24) is 4.98 Å². The van der Waals surface area contributed by atoms with E-state index in [0.717, 1.165) is 18.0 Å². The number of anilines is 1. The zero-order valence-corrected chi connectivity index (χ0v) is 9.63. The average Bonchev–Trinajstić information content (AvgIpc) is 2.63. The summed E-state index contributed by atoms with van der Waals surface area (Å²) in [6.45, 7) is 0. The topological polar surface area (TPSA) is 42.0 Å². The highest BCUT2D eigenvalue weighted by Crippen LogP contribution is 2.30. The third-order valence-electron chi connectivity index (χ3n) is 2.12. The Bertz CT molecular complexity index is 327. The van der Waals surface area contributed by atoms with Gasteiger partial charge in [0.2, 0.25) is 5.91 Å². The molecule has 1 amide bonds. The third-order valence-corrected chi connectivity index (χ3v) is 3.74. The predicted molar refractivity (Wildman–Crippen MR) is 61.2 cm³/mol. The zero-order chi connectivity index (χ0) is 9.97. The van der Waals surface area contributed by atoms with Crippen LogP contribution in [0.2, 0.25) is 0 Å². The van der Waals surface area contributed by atoms with E-state index in [1.165, 1.54) is 28.8 Å². The Morgan fingerprint density at radius 3 is 3.21 bits per heavy atom. The molecule has 1 aliphatic rings. The Labute approximate surface area is 91.3 Å². The molecule has 0 radical (unpaired) electrons. The molecule has 1 aromatic heterocycles. The lowest BCUT2D eigenvalue weighted by atomic mass is 10.4. The highest BCUT2D eigenvalue weighted by atomic mass is 32.2. The zero-order valence-electron chi connectivity index (χ0n) is 8.00. The van der Waals surface area contributed by atoms with Gasteiger partial charge in [-0.1, -0.05) is 0 Å². The van der Waals surface area contributed by atoms with Crippen LogP contribution in [0.3, 0.4) is 0 Å². The van der Waals surface area contributed by atoms with Gasteiger partial charge in [-0.05, 0) is 25.5 Å². The number of amides is 1. The number of fused-ring (bicyclic) bond motifs is 1. The number of rotatable bonds is 3. The Hall–Kier alpha value is -0.550. The molecule has 2 rings (SSSR count). The Morgan fingerprint density at radius 2 is 2.50 bits per heavy atom. The summed E-state index contributed by atoms with van der Waals surface area (Å²) in [6, 6.07) is 0. The lowest BCUT2D eigenvalue weighted by Crippen LogP contribution is -2.13. The number of nitrogens with zero attached hydrogens (tertiary/aromatic N) is 1. The minimum Gasteiger partial charge on any atom is -0.301 e. The lowest BCUT2D eigenvalue weighted by Gasteiger charge is -1.98. The molecule has 0 saturated heterocycles. The standard InChI is InChI=1S/C9H12N2OS2/c1-13-5-8(12)11-9-10-6-3-2-4-7(6)14-9/h2-5H2,1H3,(H,10,11,12). The highest BCUT2D eigenvalue weighted by Gasteiger charge is 2.17. The summed E-state index contributed by atoms with van der Waals surface area (Å²) in [4.78, 5) is 17.0. The number of carbonyl (C=O) groups excluding carboxylic acids is 1. The van der Waals surface area contributed by atoms with E-state index in [4.69, 9.17) is 0 Å². The van der Waals surface area contributed by atoms with Gasteiger partial charge in [0, 0.05) is 4.88 Å². The van der Waals surface area contributed by atoms with Gasteiger partial charge in [-0.25, -0.2) is 4.98 Å². The number of thiazole rings is 1. The molecule has 0 fully saturated rings. The molecule has 1 heterocycles. The molecule has 0 saturated carbocycles. The first-order valence-corrected chi connectivity index (χ1v) is 6.78. The van der Waals surface area contributed by atoms with Crippen molar-refractivity contribution in [3.8, 4) is 0 Å². The van der Waals surface area contributed by atoms with Gasteiger partial charge in [0.15, 0.2) is 5.13 Å². The quantitative estimate of drug-likeness (QED) is 0.859. The van der Waals surface area contributed by atoms with Gasteiger partial charge >= 0.3 is 0 Å². The number of carbonyl (C=O) groups is 1. The van der Waals surface area contributed by atoms with Gasteiger partial charge in [-0.3, -0.25) is 4.79 Å². The molecular formula is C9H12N2OS2. The minimum atomic E-state index is 0.0462. The lowest BCUT2D eigenvalue weighted by molar-refractivity contribution is -0.113. The van der Waals surface area contributed by atoms with Crippen molar-refractivity contribution in [1.29, 1.82) is 0 Å². The van der Waals surface area contributed by atoms with Gasteiger partial charge in [-0.2, -0.15) is 11.8 Å². The highest BCUT2D eigenvalue weighted by molar-refractivity contribution is 7.99. The van der Waals surface area contributed by atoms with Crippen molar-refractivity contribution in [2.75, 3.05) is 17.3 Å². The van der Waals surface area contributed by atoms with Crippen LogP contribution in [0.1, 0.15) is 17.0 Å². The summed E-state index contributed by atoms with van der Waals surface area (Å²) in [5, 5.41) is 3.59. The molecule has 3 nitrogen and oxygen atoms in total. The summed E-state index contributed by atoms with van der Waals surface area (Å²) in [6.07, 6.45) is 5.34. The van der Waals surface area contributed by atoms with E-state index >= 15 is 0 Å². The fraction of sp³-hybridized carbons (Fsp3) is 0.556. The van der Waals surface area contributed by atoms with Crippen LogP contribution in [-0.2, 0) is 17.6 Å². The Morgan fingerprint density at radius 1 is 1.64 bits per heavy atom. The van der Waals surface area contributed by atoms with Crippen molar-refractivity contribution < 1.29 is 4.79 Å². The number of hydrogen-bond donors (Lipinski definition) is 1.